The zero-order valence-corrected chi connectivity index (χ0v) is 8.14. The molecule has 0 aromatic heterocycles. The van der Waals surface area contributed by atoms with Gasteiger partial charge in [-0.2, -0.15) is 0 Å². The summed E-state index contributed by atoms with van der Waals surface area (Å²) in [4.78, 5) is 22.5. The van der Waals surface area contributed by atoms with Crippen LogP contribution in [0.25, 0.3) is 0 Å². The summed E-state index contributed by atoms with van der Waals surface area (Å²) in [5, 5.41) is 2.66. The van der Waals surface area contributed by atoms with E-state index in [1.54, 1.807) is 0 Å². The van der Waals surface area contributed by atoms with E-state index in [2.05, 4.69) is 5.32 Å². The Labute approximate surface area is 87.5 Å². The molecule has 1 saturated heterocycles. The van der Waals surface area contributed by atoms with E-state index >= 15 is 0 Å². The fraction of sp³-hybridized carbons (Fsp3) is 0.273. The fourth-order valence-electron chi connectivity index (χ4n) is 1.96. The number of rotatable bonds is 2. The minimum atomic E-state index is -0.729. The third-order valence-electron chi connectivity index (χ3n) is 2.72. The van der Waals surface area contributed by atoms with E-state index in [9.17, 15) is 9.59 Å². The summed E-state index contributed by atoms with van der Waals surface area (Å²) < 4.78 is 0. The molecule has 0 saturated carbocycles. The molecule has 2 amide bonds. The van der Waals surface area contributed by atoms with Crippen LogP contribution in [0.2, 0.25) is 0 Å². The first-order valence-corrected chi connectivity index (χ1v) is 4.82. The van der Waals surface area contributed by atoms with Gasteiger partial charge in [-0.1, -0.05) is 30.3 Å². The van der Waals surface area contributed by atoms with E-state index in [4.69, 9.17) is 5.73 Å². The van der Waals surface area contributed by atoms with Gasteiger partial charge in [-0.05, 0) is 5.56 Å². The van der Waals surface area contributed by atoms with Gasteiger partial charge in [0.25, 0.3) is 0 Å². The number of carbonyl (C=O) groups is 2. The molecule has 1 aliphatic rings. The van der Waals surface area contributed by atoms with Crippen LogP contribution < -0.4 is 11.1 Å². The average Bonchev–Trinajstić information content (AvgIpc) is 2.61. The van der Waals surface area contributed by atoms with Crippen LogP contribution in [0.4, 0.5) is 0 Å². The normalized spacial score (nSPS) is 24.9. The van der Waals surface area contributed by atoms with Gasteiger partial charge in [-0.25, -0.2) is 0 Å². The molecule has 1 aromatic rings. The number of nitrogens with two attached hydrogens (primary N) is 1. The molecule has 1 aromatic carbocycles. The van der Waals surface area contributed by atoms with Crippen molar-refractivity contribution in [1.82, 2.24) is 5.32 Å². The Bertz CT molecular complexity index is 389. The molecular weight excluding hydrogens is 192 g/mol. The summed E-state index contributed by atoms with van der Waals surface area (Å²) in [5.74, 6) is -1.68. The van der Waals surface area contributed by atoms with Crippen LogP contribution in [0.5, 0.6) is 0 Å². The molecule has 1 aliphatic heterocycles. The summed E-state index contributed by atoms with van der Waals surface area (Å²) in [6, 6.07) is 9.47. The Morgan fingerprint density at radius 3 is 2.60 bits per heavy atom. The highest BCUT2D eigenvalue weighted by atomic mass is 16.2. The molecule has 0 bridgehead atoms. The molecule has 0 radical (unpaired) electrons. The standard InChI is InChI=1S/C11H12N2O2/c12-10(14)9-8(6-13-11(9)15)7-4-2-1-3-5-7/h1-5,8-9H,6H2,(H2,12,14)(H,13,15). The molecule has 2 unspecified atom stereocenters. The van der Waals surface area contributed by atoms with Gasteiger partial charge in [0, 0.05) is 12.5 Å². The van der Waals surface area contributed by atoms with E-state index in [1.165, 1.54) is 0 Å². The summed E-state index contributed by atoms with van der Waals surface area (Å²) in [6.45, 7) is 0.483. The molecule has 1 heterocycles. The predicted octanol–water partition coefficient (Wildman–Crippen LogP) is 0.00150. The second-order valence-corrected chi connectivity index (χ2v) is 3.64. The first-order chi connectivity index (χ1) is 7.20. The largest absolute Gasteiger partial charge is 0.369 e. The summed E-state index contributed by atoms with van der Waals surface area (Å²) in [6.07, 6.45) is 0. The van der Waals surface area contributed by atoms with Gasteiger partial charge in [-0.15, -0.1) is 0 Å². The number of primary amides is 1. The highest BCUT2D eigenvalue weighted by Crippen LogP contribution is 2.28. The SMILES string of the molecule is NC(=O)C1C(=O)NCC1c1ccccc1. The van der Waals surface area contributed by atoms with Crippen LogP contribution in [0, 0.1) is 5.92 Å². The molecule has 15 heavy (non-hydrogen) atoms. The quantitative estimate of drug-likeness (QED) is 0.666. The zero-order valence-electron chi connectivity index (χ0n) is 8.14. The fourth-order valence-corrected chi connectivity index (χ4v) is 1.96. The average molecular weight is 204 g/mol. The van der Waals surface area contributed by atoms with Crippen molar-refractivity contribution >= 4 is 11.8 Å². The summed E-state index contributed by atoms with van der Waals surface area (Å²) in [7, 11) is 0. The van der Waals surface area contributed by atoms with Crippen molar-refractivity contribution < 1.29 is 9.59 Å². The number of nitrogens with one attached hydrogen (secondary N) is 1. The Morgan fingerprint density at radius 2 is 2.00 bits per heavy atom. The number of hydrogen-bond acceptors (Lipinski definition) is 2. The molecule has 0 aliphatic carbocycles. The lowest BCUT2D eigenvalue weighted by Crippen LogP contribution is -2.32. The lowest BCUT2D eigenvalue weighted by Gasteiger charge is -2.13. The molecule has 78 valence electrons. The first-order valence-electron chi connectivity index (χ1n) is 4.82. The van der Waals surface area contributed by atoms with Crippen LogP contribution in [0.1, 0.15) is 11.5 Å². The molecule has 4 nitrogen and oxygen atoms in total. The van der Waals surface area contributed by atoms with Gasteiger partial charge < -0.3 is 11.1 Å². The van der Waals surface area contributed by atoms with Crippen molar-refractivity contribution in [3.05, 3.63) is 35.9 Å². The van der Waals surface area contributed by atoms with E-state index < -0.39 is 11.8 Å². The second kappa shape index (κ2) is 3.73. The van der Waals surface area contributed by atoms with Crippen molar-refractivity contribution in [2.24, 2.45) is 11.7 Å². The highest BCUT2D eigenvalue weighted by Gasteiger charge is 2.39. The van der Waals surface area contributed by atoms with Gasteiger partial charge >= 0.3 is 0 Å². The highest BCUT2D eigenvalue weighted by molar-refractivity contribution is 6.02. The van der Waals surface area contributed by atoms with Crippen molar-refractivity contribution in [3.8, 4) is 0 Å². The summed E-state index contributed by atoms with van der Waals surface area (Å²) in [5.41, 5.74) is 6.19. The maximum atomic E-state index is 11.4. The number of amides is 2. The molecule has 0 spiro atoms. The molecule has 3 N–H and O–H groups in total. The van der Waals surface area contributed by atoms with E-state index in [1.807, 2.05) is 30.3 Å². The third-order valence-corrected chi connectivity index (χ3v) is 2.72. The van der Waals surface area contributed by atoms with Crippen molar-refractivity contribution in [2.75, 3.05) is 6.54 Å². The maximum Gasteiger partial charge on any atom is 0.233 e. The van der Waals surface area contributed by atoms with E-state index in [-0.39, 0.29) is 11.8 Å². The van der Waals surface area contributed by atoms with Gasteiger partial charge in [0.1, 0.15) is 5.92 Å². The Balaban J connectivity index is 2.30. The zero-order chi connectivity index (χ0) is 10.8. The Hall–Kier alpha value is -1.84. The molecule has 2 rings (SSSR count). The number of hydrogen-bond donors (Lipinski definition) is 2. The van der Waals surface area contributed by atoms with E-state index in [0.717, 1.165) is 5.56 Å². The molecule has 2 atom stereocenters. The lowest BCUT2D eigenvalue weighted by molar-refractivity contribution is -0.131. The molecule has 4 heteroatoms. The topological polar surface area (TPSA) is 72.2 Å². The van der Waals surface area contributed by atoms with Gasteiger partial charge in [-0.3, -0.25) is 9.59 Å². The first kappa shape index (κ1) is 9.71. The van der Waals surface area contributed by atoms with E-state index in [0.29, 0.717) is 6.54 Å². The van der Waals surface area contributed by atoms with Gasteiger partial charge in [0.05, 0.1) is 0 Å². The van der Waals surface area contributed by atoms with Crippen LogP contribution in [-0.2, 0) is 9.59 Å². The van der Waals surface area contributed by atoms with Gasteiger partial charge in [0.2, 0.25) is 11.8 Å². The Kier molecular flexibility index (Phi) is 2.41. The van der Waals surface area contributed by atoms with Crippen molar-refractivity contribution in [2.45, 2.75) is 5.92 Å². The van der Waals surface area contributed by atoms with Crippen molar-refractivity contribution in [1.29, 1.82) is 0 Å². The molecule has 1 fully saturated rings. The van der Waals surface area contributed by atoms with Crippen molar-refractivity contribution in [3.63, 3.8) is 0 Å². The lowest BCUT2D eigenvalue weighted by atomic mass is 9.88. The minimum Gasteiger partial charge on any atom is -0.369 e. The second-order valence-electron chi connectivity index (χ2n) is 3.64. The van der Waals surface area contributed by atoms with Gasteiger partial charge in [0.15, 0.2) is 0 Å². The summed E-state index contributed by atoms with van der Waals surface area (Å²) >= 11 is 0. The minimum absolute atomic E-state index is 0.129. The van der Waals surface area contributed by atoms with Crippen LogP contribution in [0.15, 0.2) is 30.3 Å². The number of carbonyl (C=O) groups excluding carboxylic acids is 2. The molecular formula is C11H12N2O2. The van der Waals surface area contributed by atoms with Crippen LogP contribution >= 0.6 is 0 Å². The monoisotopic (exact) mass is 204 g/mol. The predicted molar refractivity (Wildman–Crippen MR) is 54.9 cm³/mol. The van der Waals surface area contributed by atoms with Crippen LogP contribution in [-0.4, -0.2) is 18.4 Å². The smallest absolute Gasteiger partial charge is 0.233 e. The third kappa shape index (κ3) is 1.70. The Morgan fingerprint density at radius 1 is 1.33 bits per heavy atom. The number of benzene rings is 1. The maximum absolute atomic E-state index is 11.4. The van der Waals surface area contributed by atoms with Crippen LogP contribution in [0.3, 0.4) is 0 Å².